The third-order valence-electron chi connectivity index (χ3n) is 3.47. The molecule has 1 aromatic carbocycles. The third kappa shape index (κ3) is 2.35. The lowest BCUT2D eigenvalue weighted by Gasteiger charge is -2.18. The quantitative estimate of drug-likeness (QED) is 0.806. The normalized spacial score (nSPS) is 18.4. The van der Waals surface area contributed by atoms with E-state index >= 15 is 0 Å². The van der Waals surface area contributed by atoms with E-state index < -0.39 is 6.04 Å². The van der Waals surface area contributed by atoms with Gasteiger partial charge in [-0.25, -0.2) is 9.69 Å². The fraction of sp³-hybridized carbons (Fsp3) is 0.200. The number of anilines is 1. The second-order valence-electron chi connectivity index (χ2n) is 4.83. The first kappa shape index (κ1) is 13.2. The molecule has 106 valence electrons. The first-order valence-electron chi connectivity index (χ1n) is 6.64. The third-order valence-corrected chi connectivity index (χ3v) is 3.47. The van der Waals surface area contributed by atoms with E-state index in [0.29, 0.717) is 6.54 Å². The number of carbonyl (C=O) groups is 2. The van der Waals surface area contributed by atoms with E-state index in [1.807, 2.05) is 30.3 Å². The maximum absolute atomic E-state index is 12.5. The number of benzene rings is 1. The van der Waals surface area contributed by atoms with E-state index in [9.17, 15) is 9.59 Å². The second-order valence-corrected chi connectivity index (χ2v) is 4.83. The van der Waals surface area contributed by atoms with Gasteiger partial charge in [0.05, 0.1) is 0 Å². The summed E-state index contributed by atoms with van der Waals surface area (Å²) < 4.78 is 0. The molecule has 0 spiro atoms. The van der Waals surface area contributed by atoms with Crippen molar-refractivity contribution in [3.8, 4) is 0 Å². The number of amides is 3. The van der Waals surface area contributed by atoms with Crippen molar-refractivity contribution in [1.29, 1.82) is 0 Å². The van der Waals surface area contributed by atoms with Crippen LogP contribution in [0.4, 0.5) is 10.6 Å². The van der Waals surface area contributed by atoms with Crippen molar-refractivity contribution in [3.05, 3.63) is 54.2 Å². The maximum atomic E-state index is 12.5. The molecule has 1 aliphatic heterocycles. The van der Waals surface area contributed by atoms with Crippen molar-refractivity contribution in [1.82, 2.24) is 15.1 Å². The molecule has 1 saturated heterocycles. The van der Waals surface area contributed by atoms with Crippen LogP contribution in [-0.2, 0) is 11.3 Å². The molecule has 0 unspecified atom stereocenters. The van der Waals surface area contributed by atoms with Crippen LogP contribution in [0.3, 0.4) is 0 Å². The lowest BCUT2D eigenvalue weighted by molar-refractivity contribution is -0.119. The molecule has 1 aromatic heterocycles. The van der Waals surface area contributed by atoms with Crippen LogP contribution in [0.5, 0.6) is 0 Å². The molecule has 3 rings (SSSR count). The molecule has 6 nitrogen and oxygen atoms in total. The van der Waals surface area contributed by atoms with Gasteiger partial charge in [-0.15, -0.1) is 5.10 Å². The number of rotatable bonds is 3. The highest BCUT2D eigenvalue weighted by Gasteiger charge is 2.43. The molecule has 0 bridgehead atoms. The van der Waals surface area contributed by atoms with Crippen LogP contribution in [0.15, 0.2) is 48.7 Å². The minimum atomic E-state index is -0.514. The van der Waals surface area contributed by atoms with E-state index in [0.717, 1.165) is 10.5 Å². The van der Waals surface area contributed by atoms with Crippen molar-refractivity contribution >= 4 is 17.8 Å². The van der Waals surface area contributed by atoms with Gasteiger partial charge in [-0.3, -0.25) is 4.79 Å². The zero-order chi connectivity index (χ0) is 14.8. The van der Waals surface area contributed by atoms with Gasteiger partial charge in [0.25, 0.3) is 5.91 Å². The van der Waals surface area contributed by atoms with E-state index in [1.54, 1.807) is 19.1 Å². The summed E-state index contributed by atoms with van der Waals surface area (Å²) in [5.74, 6) is -0.0219. The number of hydrogen-bond donors (Lipinski definition) is 0. The highest BCUT2D eigenvalue weighted by atomic mass is 16.2. The van der Waals surface area contributed by atoms with Crippen LogP contribution >= 0.6 is 0 Å². The summed E-state index contributed by atoms with van der Waals surface area (Å²) in [7, 11) is 0. The Balaban J connectivity index is 1.87. The van der Waals surface area contributed by atoms with Crippen LogP contribution in [0.1, 0.15) is 12.5 Å². The molecule has 0 N–H and O–H groups in total. The molecular formula is C15H14N4O2. The van der Waals surface area contributed by atoms with Gasteiger partial charge in [0.15, 0.2) is 5.82 Å². The van der Waals surface area contributed by atoms with Crippen LogP contribution in [-0.4, -0.2) is 33.1 Å². The lowest BCUT2D eigenvalue weighted by Crippen LogP contribution is -2.33. The van der Waals surface area contributed by atoms with E-state index in [1.165, 1.54) is 11.1 Å². The fourth-order valence-electron chi connectivity index (χ4n) is 2.32. The molecule has 2 heterocycles. The predicted octanol–water partition coefficient (Wildman–Crippen LogP) is 1.83. The zero-order valence-corrected chi connectivity index (χ0v) is 11.5. The Labute approximate surface area is 122 Å². The molecular weight excluding hydrogens is 268 g/mol. The number of nitrogens with zero attached hydrogens (tertiary/aromatic N) is 4. The summed E-state index contributed by atoms with van der Waals surface area (Å²) in [6.07, 6.45) is 1.50. The van der Waals surface area contributed by atoms with Crippen molar-refractivity contribution < 1.29 is 9.59 Å². The van der Waals surface area contributed by atoms with Crippen LogP contribution in [0, 0.1) is 0 Å². The van der Waals surface area contributed by atoms with Gasteiger partial charge in [0.2, 0.25) is 0 Å². The standard InChI is InChI=1S/C15H14N4O2/c1-11-14(20)19(13-8-5-9-16-17-13)15(21)18(11)10-12-6-3-2-4-7-12/h2-9,11H,10H2,1H3/t11-/m1/s1. The Morgan fingerprint density at radius 2 is 1.86 bits per heavy atom. The van der Waals surface area contributed by atoms with Gasteiger partial charge in [-0.2, -0.15) is 5.10 Å². The summed E-state index contributed by atoms with van der Waals surface area (Å²) >= 11 is 0. The fourth-order valence-corrected chi connectivity index (χ4v) is 2.32. The summed E-state index contributed by atoms with van der Waals surface area (Å²) in [6, 6.07) is 11.9. The highest BCUT2D eigenvalue weighted by molar-refractivity contribution is 6.20. The Morgan fingerprint density at radius 3 is 2.52 bits per heavy atom. The first-order chi connectivity index (χ1) is 10.2. The Kier molecular flexibility index (Phi) is 3.35. The zero-order valence-electron chi connectivity index (χ0n) is 11.5. The van der Waals surface area contributed by atoms with E-state index in [-0.39, 0.29) is 17.8 Å². The topological polar surface area (TPSA) is 66.4 Å². The Hall–Kier alpha value is -2.76. The molecule has 0 saturated carbocycles. The Bertz CT molecular complexity index is 660. The van der Waals surface area contributed by atoms with E-state index in [4.69, 9.17) is 0 Å². The second kappa shape index (κ2) is 5.32. The highest BCUT2D eigenvalue weighted by Crippen LogP contribution is 2.24. The number of urea groups is 1. The number of hydrogen-bond acceptors (Lipinski definition) is 4. The minimum Gasteiger partial charge on any atom is -0.308 e. The van der Waals surface area contributed by atoms with Gasteiger partial charge in [-0.05, 0) is 24.6 Å². The summed E-state index contributed by atoms with van der Waals surface area (Å²) in [5, 5.41) is 7.56. The lowest BCUT2D eigenvalue weighted by atomic mass is 10.2. The smallest absolute Gasteiger partial charge is 0.308 e. The average Bonchev–Trinajstić information content (AvgIpc) is 2.73. The first-order valence-corrected chi connectivity index (χ1v) is 6.64. The van der Waals surface area contributed by atoms with E-state index in [2.05, 4.69) is 10.2 Å². The molecule has 3 amide bonds. The summed E-state index contributed by atoms with van der Waals surface area (Å²) in [5.41, 5.74) is 0.978. The molecule has 0 radical (unpaired) electrons. The monoisotopic (exact) mass is 282 g/mol. The van der Waals surface area contributed by atoms with Crippen LogP contribution in [0.2, 0.25) is 0 Å². The molecule has 2 aromatic rings. The van der Waals surface area contributed by atoms with Crippen molar-refractivity contribution in [2.45, 2.75) is 19.5 Å². The average molecular weight is 282 g/mol. The molecule has 1 aliphatic rings. The molecule has 1 fully saturated rings. The van der Waals surface area contributed by atoms with Crippen LogP contribution < -0.4 is 4.90 Å². The molecule has 21 heavy (non-hydrogen) atoms. The summed E-state index contributed by atoms with van der Waals surface area (Å²) in [6.45, 7) is 2.11. The molecule has 1 atom stereocenters. The van der Waals surface area contributed by atoms with Gasteiger partial charge in [0, 0.05) is 12.7 Å². The predicted molar refractivity (Wildman–Crippen MR) is 76.4 cm³/mol. The largest absolute Gasteiger partial charge is 0.333 e. The molecule has 6 heteroatoms. The SMILES string of the molecule is C[C@@H]1C(=O)N(c2cccnn2)C(=O)N1Cc1ccccc1. The van der Waals surface area contributed by atoms with Crippen molar-refractivity contribution in [2.75, 3.05) is 4.90 Å². The van der Waals surface area contributed by atoms with Crippen molar-refractivity contribution in [3.63, 3.8) is 0 Å². The van der Waals surface area contributed by atoms with Gasteiger partial charge in [0.1, 0.15) is 6.04 Å². The van der Waals surface area contributed by atoms with Crippen LogP contribution in [0.25, 0.3) is 0 Å². The van der Waals surface area contributed by atoms with Crippen molar-refractivity contribution in [2.24, 2.45) is 0 Å². The maximum Gasteiger partial charge on any atom is 0.333 e. The minimum absolute atomic E-state index is 0.259. The number of carbonyl (C=O) groups excluding carboxylic acids is 2. The Morgan fingerprint density at radius 1 is 1.10 bits per heavy atom. The number of aromatic nitrogens is 2. The molecule has 0 aliphatic carbocycles. The number of imide groups is 1. The summed E-state index contributed by atoms with van der Waals surface area (Å²) in [4.78, 5) is 27.4. The van der Waals surface area contributed by atoms with Gasteiger partial charge in [-0.1, -0.05) is 30.3 Å². The van der Waals surface area contributed by atoms with Gasteiger partial charge >= 0.3 is 6.03 Å². The van der Waals surface area contributed by atoms with Gasteiger partial charge < -0.3 is 4.90 Å².